The Hall–Kier alpha value is -3.83. The Bertz CT molecular complexity index is 1420. The predicted octanol–water partition coefficient (Wildman–Crippen LogP) is 2.50. The third kappa shape index (κ3) is 4.99. The quantitative estimate of drug-likeness (QED) is 0.313. The van der Waals surface area contributed by atoms with Gasteiger partial charge >= 0.3 is 0 Å². The van der Waals surface area contributed by atoms with E-state index in [1.54, 1.807) is 19.4 Å². The second-order valence-electron chi connectivity index (χ2n) is 11.0. The fourth-order valence-electron chi connectivity index (χ4n) is 5.67. The number of rotatable bonds is 7. The van der Waals surface area contributed by atoms with Crippen LogP contribution in [0.3, 0.4) is 0 Å². The van der Waals surface area contributed by atoms with Gasteiger partial charge in [-0.3, -0.25) is 9.69 Å². The third-order valence-corrected chi connectivity index (χ3v) is 7.99. The Balaban J connectivity index is 1.11. The maximum atomic E-state index is 12.3. The van der Waals surface area contributed by atoms with E-state index in [0.29, 0.717) is 28.9 Å². The molecular formula is C28H33N9O2. The van der Waals surface area contributed by atoms with Gasteiger partial charge in [-0.25, -0.2) is 19.9 Å². The molecule has 3 aromatic rings. The van der Waals surface area contributed by atoms with Gasteiger partial charge in [0.15, 0.2) is 5.82 Å². The van der Waals surface area contributed by atoms with Gasteiger partial charge in [0.2, 0.25) is 5.91 Å². The summed E-state index contributed by atoms with van der Waals surface area (Å²) in [5, 5.41) is 7.59. The molecule has 2 unspecified atom stereocenters. The monoisotopic (exact) mass is 527 g/mol. The molecule has 7 rings (SSSR count). The van der Waals surface area contributed by atoms with Crippen LogP contribution in [0, 0.1) is 5.92 Å². The topological polar surface area (TPSA) is 134 Å². The van der Waals surface area contributed by atoms with Gasteiger partial charge in [-0.15, -0.1) is 0 Å². The number of amidine groups is 1. The lowest BCUT2D eigenvalue weighted by Gasteiger charge is -2.46. The number of aromatic nitrogens is 3. The first-order chi connectivity index (χ1) is 19.0. The van der Waals surface area contributed by atoms with E-state index in [0.717, 1.165) is 61.5 Å². The molecule has 0 aromatic carbocycles. The zero-order valence-electron chi connectivity index (χ0n) is 22.0. The van der Waals surface area contributed by atoms with Gasteiger partial charge < -0.3 is 26.0 Å². The summed E-state index contributed by atoms with van der Waals surface area (Å²) in [7, 11) is 1.80. The maximum absolute atomic E-state index is 12.3. The number of fused-ring (bicyclic) bond motifs is 3. The molecule has 1 amide bonds. The van der Waals surface area contributed by atoms with Crippen LogP contribution >= 0.6 is 0 Å². The minimum Gasteiger partial charge on any atom is -0.383 e. The van der Waals surface area contributed by atoms with Crippen molar-refractivity contribution in [2.75, 3.05) is 48.8 Å². The predicted molar refractivity (Wildman–Crippen MR) is 151 cm³/mol. The van der Waals surface area contributed by atoms with Crippen LogP contribution in [0.15, 0.2) is 41.8 Å². The molecule has 5 heterocycles. The summed E-state index contributed by atoms with van der Waals surface area (Å²) < 4.78 is 6.22. The number of hydrogen-bond donors (Lipinski definition) is 3. The molecule has 39 heavy (non-hydrogen) atoms. The van der Waals surface area contributed by atoms with Crippen molar-refractivity contribution in [3.8, 4) is 0 Å². The number of carbonyl (C=O) groups excluding carboxylic acids is 1. The average Bonchev–Trinajstić information content (AvgIpc) is 3.85. The van der Waals surface area contributed by atoms with Crippen molar-refractivity contribution in [1.82, 2.24) is 19.9 Å². The highest BCUT2D eigenvalue weighted by molar-refractivity contribution is 6.12. The van der Waals surface area contributed by atoms with E-state index in [1.807, 2.05) is 18.3 Å². The van der Waals surface area contributed by atoms with Crippen LogP contribution < -0.4 is 21.3 Å². The number of morpholine rings is 2. The SMILES string of the molecule is CNc1ncc(C(N)=Nc2ccc(N3CC4CN(C5CC5)CC(C3)O4)cn2)c2cc(NC(=O)C3CC3)ncc12. The minimum absolute atomic E-state index is 0.00126. The molecule has 4 fully saturated rings. The van der Waals surface area contributed by atoms with E-state index >= 15 is 0 Å². The zero-order valence-corrected chi connectivity index (χ0v) is 22.0. The summed E-state index contributed by atoms with van der Waals surface area (Å²) in [6.07, 6.45) is 10.2. The van der Waals surface area contributed by atoms with Gasteiger partial charge in [0, 0.05) is 73.9 Å². The van der Waals surface area contributed by atoms with E-state index in [1.165, 1.54) is 12.8 Å². The number of anilines is 3. The molecule has 2 aliphatic heterocycles. The Morgan fingerprint density at radius 3 is 2.46 bits per heavy atom. The van der Waals surface area contributed by atoms with Gasteiger partial charge in [-0.05, 0) is 43.9 Å². The first kappa shape index (κ1) is 24.2. The number of aliphatic imine (C=N–C) groups is 1. The first-order valence-electron chi connectivity index (χ1n) is 13.8. The molecule has 11 heteroatoms. The number of ether oxygens (including phenoxy) is 1. The van der Waals surface area contributed by atoms with Crippen LogP contribution in [0.25, 0.3) is 10.8 Å². The van der Waals surface area contributed by atoms with E-state index in [2.05, 4.69) is 46.4 Å². The fourth-order valence-corrected chi connectivity index (χ4v) is 5.67. The number of amides is 1. The molecule has 0 radical (unpaired) electrons. The van der Waals surface area contributed by atoms with Crippen LogP contribution in [-0.2, 0) is 9.53 Å². The Labute approximate surface area is 226 Å². The number of carbonyl (C=O) groups is 1. The van der Waals surface area contributed by atoms with E-state index in [-0.39, 0.29) is 24.0 Å². The molecular weight excluding hydrogens is 494 g/mol. The Morgan fingerprint density at radius 1 is 1.00 bits per heavy atom. The minimum atomic E-state index is 0.00126. The van der Waals surface area contributed by atoms with Crippen LogP contribution in [-0.4, -0.2) is 83.1 Å². The lowest BCUT2D eigenvalue weighted by Crippen LogP contribution is -2.60. The maximum Gasteiger partial charge on any atom is 0.228 e. The molecule has 4 N–H and O–H groups in total. The Morgan fingerprint density at radius 2 is 1.79 bits per heavy atom. The van der Waals surface area contributed by atoms with Crippen molar-refractivity contribution >= 4 is 45.7 Å². The van der Waals surface area contributed by atoms with Gasteiger partial charge in [0.25, 0.3) is 0 Å². The Kier molecular flexibility index (Phi) is 6.04. The van der Waals surface area contributed by atoms with E-state index in [9.17, 15) is 4.79 Å². The summed E-state index contributed by atoms with van der Waals surface area (Å²) in [5.41, 5.74) is 8.21. The molecule has 2 saturated carbocycles. The summed E-state index contributed by atoms with van der Waals surface area (Å²) in [4.78, 5) is 35.4. The van der Waals surface area contributed by atoms with Crippen molar-refractivity contribution < 1.29 is 9.53 Å². The van der Waals surface area contributed by atoms with Crippen LogP contribution in [0.4, 0.5) is 23.1 Å². The van der Waals surface area contributed by atoms with Crippen molar-refractivity contribution in [2.45, 2.75) is 43.9 Å². The third-order valence-electron chi connectivity index (χ3n) is 7.99. The molecule has 202 valence electrons. The molecule has 2 aliphatic carbocycles. The molecule has 2 atom stereocenters. The zero-order chi connectivity index (χ0) is 26.5. The van der Waals surface area contributed by atoms with E-state index < -0.39 is 0 Å². The molecule has 4 aliphatic rings. The van der Waals surface area contributed by atoms with Gasteiger partial charge in [-0.1, -0.05) is 0 Å². The van der Waals surface area contributed by atoms with Crippen LogP contribution in [0.2, 0.25) is 0 Å². The van der Waals surface area contributed by atoms with Crippen LogP contribution in [0.5, 0.6) is 0 Å². The highest BCUT2D eigenvalue weighted by atomic mass is 16.5. The van der Waals surface area contributed by atoms with Crippen molar-refractivity contribution in [1.29, 1.82) is 0 Å². The highest BCUT2D eigenvalue weighted by Gasteiger charge is 2.40. The second kappa shape index (κ2) is 9.73. The number of nitrogens with zero attached hydrogens (tertiary/aromatic N) is 6. The summed E-state index contributed by atoms with van der Waals surface area (Å²) >= 11 is 0. The normalized spacial score (nSPS) is 23.6. The van der Waals surface area contributed by atoms with Crippen molar-refractivity contribution in [3.05, 3.63) is 42.4 Å². The van der Waals surface area contributed by atoms with Crippen molar-refractivity contribution in [2.24, 2.45) is 16.6 Å². The summed E-state index contributed by atoms with van der Waals surface area (Å²) in [6.45, 7) is 3.77. The summed E-state index contributed by atoms with van der Waals surface area (Å²) in [5.74, 6) is 2.06. The fraction of sp³-hybridized carbons (Fsp3) is 0.464. The molecule has 2 saturated heterocycles. The number of hydrogen-bond acceptors (Lipinski definition) is 9. The number of nitrogens with one attached hydrogen (secondary N) is 2. The smallest absolute Gasteiger partial charge is 0.228 e. The van der Waals surface area contributed by atoms with E-state index in [4.69, 9.17) is 10.5 Å². The highest BCUT2D eigenvalue weighted by Crippen LogP contribution is 2.33. The molecule has 0 spiro atoms. The number of nitrogens with two attached hydrogens (primary N) is 1. The van der Waals surface area contributed by atoms with Gasteiger partial charge in [-0.2, -0.15) is 0 Å². The first-order valence-corrected chi connectivity index (χ1v) is 13.8. The molecule has 3 aromatic heterocycles. The molecule has 11 nitrogen and oxygen atoms in total. The average molecular weight is 528 g/mol. The van der Waals surface area contributed by atoms with Crippen molar-refractivity contribution in [3.63, 3.8) is 0 Å². The largest absolute Gasteiger partial charge is 0.383 e. The number of pyridine rings is 3. The lowest BCUT2D eigenvalue weighted by molar-refractivity contribution is -0.117. The van der Waals surface area contributed by atoms with Gasteiger partial charge in [0.05, 0.1) is 24.1 Å². The van der Waals surface area contributed by atoms with Crippen LogP contribution in [0.1, 0.15) is 31.2 Å². The lowest BCUT2D eigenvalue weighted by atomic mass is 10.1. The second-order valence-corrected chi connectivity index (χ2v) is 11.0. The molecule has 2 bridgehead atoms. The van der Waals surface area contributed by atoms with Gasteiger partial charge in [0.1, 0.15) is 17.5 Å². The summed E-state index contributed by atoms with van der Waals surface area (Å²) in [6, 6.07) is 6.55. The standard InChI is InChI=1S/C28H33N9O2/c1-30-27-23-11-32-25(35-28(38)16-2-3-16)8-21(23)22(10-33-27)26(29)34-24-7-6-18(9-31-24)37-14-19-12-36(17-4-5-17)13-20(15-37)39-19/h6-11,16-17,19-20H,2-5,12-15H2,1H3,(H,30,33)(H2,29,31,34)(H,32,35,38).